The standard InChI is InChI=1S/C17H23N5O2S/c1-2-25-15-12-13(7-9-18-15)16(23)19-8-5-11-22-17(24)21-10-4-3-6-14(21)20-22/h7,9,12H,2-6,8,10-11H2,1H3,(H,19,23). The maximum atomic E-state index is 12.2. The minimum atomic E-state index is -0.114. The summed E-state index contributed by atoms with van der Waals surface area (Å²) in [6, 6.07) is 3.51. The van der Waals surface area contributed by atoms with Crippen molar-refractivity contribution in [1.82, 2.24) is 24.6 Å². The van der Waals surface area contributed by atoms with Crippen LogP contribution in [0.4, 0.5) is 0 Å². The van der Waals surface area contributed by atoms with Crippen molar-refractivity contribution < 1.29 is 4.79 Å². The first-order valence-electron chi connectivity index (χ1n) is 8.72. The Balaban J connectivity index is 1.50. The van der Waals surface area contributed by atoms with E-state index >= 15 is 0 Å². The number of nitrogens with one attached hydrogen (secondary N) is 1. The van der Waals surface area contributed by atoms with Gasteiger partial charge in [-0.2, -0.15) is 5.10 Å². The first kappa shape index (κ1) is 17.7. The minimum absolute atomic E-state index is 0.0311. The van der Waals surface area contributed by atoms with E-state index in [1.54, 1.807) is 34.7 Å². The Kier molecular flexibility index (Phi) is 5.91. The number of amides is 1. The summed E-state index contributed by atoms with van der Waals surface area (Å²) in [5, 5.41) is 8.15. The predicted octanol–water partition coefficient (Wildman–Crippen LogP) is 1.71. The quantitative estimate of drug-likeness (QED) is 0.600. The molecule has 7 nitrogen and oxygen atoms in total. The summed E-state index contributed by atoms with van der Waals surface area (Å²) in [6.45, 7) is 3.85. The highest BCUT2D eigenvalue weighted by Crippen LogP contribution is 2.15. The van der Waals surface area contributed by atoms with E-state index in [2.05, 4.69) is 22.3 Å². The summed E-state index contributed by atoms with van der Waals surface area (Å²) in [4.78, 5) is 28.7. The molecule has 0 spiro atoms. The maximum absolute atomic E-state index is 12.2. The third kappa shape index (κ3) is 4.31. The lowest BCUT2D eigenvalue weighted by atomic mass is 10.2. The fourth-order valence-electron chi connectivity index (χ4n) is 2.90. The molecule has 0 aliphatic carbocycles. The summed E-state index contributed by atoms with van der Waals surface area (Å²) in [5.74, 6) is 1.69. The second-order valence-electron chi connectivity index (χ2n) is 5.96. The second-order valence-corrected chi connectivity index (χ2v) is 7.24. The third-order valence-electron chi connectivity index (χ3n) is 4.15. The van der Waals surface area contributed by atoms with Gasteiger partial charge in [0.15, 0.2) is 0 Å². The number of pyridine rings is 1. The van der Waals surface area contributed by atoms with E-state index in [0.717, 1.165) is 42.4 Å². The Hall–Kier alpha value is -2.09. The van der Waals surface area contributed by atoms with E-state index in [-0.39, 0.29) is 11.6 Å². The van der Waals surface area contributed by atoms with E-state index in [9.17, 15) is 9.59 Å². The summed E-state index contributed by atoms with van der Waals surface area (Å²) in [5.41, 5.74) is 0.581. The largest absolute Gasteiger partial charge is 0.352 e. The van der Waals surface area contributed by atoms with E-state index in [4.69, 9.17) is 0 Å². The summed E-state index contributed by atoms with van der Waals surface area (Å²) < 4.78 is 3.29. The fraction of sp³-hybridized carbons (Fsp3) is 0.529. The number of thioether (sulfide) groups is 1. The molecule has 134 valence electrons. The van der Waals surface area contributed by atoms with E-state index in [0.29, 0.717) is 25.1 Å². The van der Waals surface area contributed by atoms with Gasteiger partial charge in [-0.05, 0) is 37.1 Å². The molecule has 1 N–H and O–H groups in total. The first-order valence-corrected chi connectivity index (χ1v) is 9.71. The van der Waals surface area contributed by atoms with Crippen LogP contribution >= 0.6 is 11.8 Å². The lowest BCUT2D eigenvalue weighted by molar-refractivity contribution is 0.0952. The number of carbonyl (C=O) groups excluding carboxylic acids is 1. The number of carbonyl (C=O) groups is 1. The van der Waals surface area contributed by atoms with Crippen molar-refractivity contribution in [2.45, 2.75) is 50.7 Å². The lowest BCUT2D eigenvalue weighted by Crippen LogP contribution is -2.29. The van der Waals surface area contributed by atoms with Crippen molar-refractivity contribution in [3.8, 4) is 0 Å². The van der Waals surface area contributed by atoms with Crippen LogP contribution in [0.15, 0.2) is 28.2 Å². The molecular weight excluding hydrogens is 338 g/mol. The molecule has 1 amide bonds. The normalized spacial score (nSPS) is 13.5. The highest BCUT2D eigenvalue weighted by molar-refractivity contribution is 7.99. The monoisotopic (exact) mass is 361 g/mol. The number of aryl methyl sites for hydroxylation is 2. The molecule has 1 aliphatic rings. The molecule has 0 saturated heterocycles. The number of fused-ring (bicyclic) bond motifs is 1. The number of hydrogen-bond donors (Lipinski definition) is 1. The van der Waals surface area contributed by atoms with E-state index in [1.807, 2.05) is 0 Å². The van der Waals surface area contributed by atoms with Gasteiger partial charge in [0.2, 0.25) is 0 Å². The molecule has 2 aromatic heterocycles. The van der Waals surface area contributed by atoms with Gasteiger partial charge in [-0.15, -0.1) is 11.8 Å². The Labute approximate surface area is 150 Å². The number of aromatic nitrogens is 4. The average Bonchev–Trinajstić information content (AvgIpc) is 2.95. The molecule has 0 radical (unpaired) electrons. The molecule has 0 unspecified atom stereocenters. The van der Waals surface area contributed by atoms with Crippen LogP contribution in [0.3, 0.4) is 0 Å². The van der Waals surface area contributed by atoms with Crippen LogP contribution in [0, 0.1) is 0 Å². The molecule has 8 heteroatoms. The molecule has 0 fully saturated rings. The van der Waals surface area contributed by atoms with Gasteiger partial charge < -0.3 is 5.32 Å². The molecule has 3 rings (SSSR count). The SMILES string of the molecule is CCSc1cc(C(=O)NCCCn2nc3n(c2=O)CCCC3)ccn1. The van der Waals surface area contributed by atoms with Gasteiger partial charge in [0, 0.05) is 37.8 Å². The highest BCUT2D eigenvalue weighted by Gasteiger charge is 2.16. The van der Waals surface area contributed by atoms with Crippen LogP contribution in [0.5, 0.6) is 0 Å². The lowest BCUT2D eigenvalue weighted by Gasteiger charge is -2.09. The summed E-state index contributed by atoms with van der Waals surface area (Å²) in [6.07, 6.45) is 5.33. The van der Waals surface area contributed by atoms with Gasteiger partial charge in [0.1, 0.15) is 5.82 Å². The molecule has 2 aromatic rings. The minimum Gasteiger partial charge on any atom is -0.352 e. The summed E-state index contributed by atoms with van der Waals surface area (Å²) >= 11 is 1.61. The molecule has 0 aromatic carbocycles. The van der Waals surface area contributed by atoms with Crippen LogP contribution in [0.2, 0.25) is 0 Å². The van der Waals surface area contributed by atoms with Crippen molar-refractivity contribution in [3.63, 3.8) is 0 Å². The van der Waals surface area contributed by atoms with Crippen LogP contribution < -0.4 is 11.0 Å². The van der Waals surface area contributed by atoms with Crippen LogP contribution in [-0.4, -0.2) is 37.5 Å². The number of hydrogen-bond acceptors (Lipinski definition) is 5. The summed E-state index contributed by atoms with van der Waals surface area (Å²) in [7, 11) is 0. The van der Waals surface area contributed by atoms with Crippen LogP contribution in [0.1, 0.15) is 42.4 Å². The van der Waals surface area contributed by atoms with Gasteiger partial charge in [-0.3, -0.25) is 9.36 Å². The Morgan fingerprint density at radius 2 is 2.28 bits per heavy atom. The van der Waals surface area contributed by atoms with Gasteiger partial charge in [-0.25, -0.2) is 14.5 Å². The van der Waals surface area contributed by atoms with Crippen molar-refractivity contribution in [1.29, 1.82) is 0 Å². The zero-order valence-corrected chi connectivity index (χ0v) is 15.2. The van der Waals surface area contributed by atoms with Gasteiger partial charge in [0.05, 0.1) is 5.03 Å². The Morgan fingerprint density at radius 1 is 1.40 bits per heavy atom. The van der Waals surface area contributed by atoms with Gasteiger partial charge >= 0.3 is 5.69 Å². The molecule has 0 atom stereocenters. The smallest absolute Gasteiger partial charge is 0.345 e. The molecule has 25 heavy (non-hydrogen) atoms. The third-order valence-corrected chi connectivity index (χ3v) is 4.96. The Morgan fingerprint density at radius 3 is 3.08 bits per heavy atom. The second kappa shape index (κ2) is 8.33. The molecule has 0 bridgehead atoms. The zero-order valence-electron chi connectivity index (χ0n) is 14.4. The van der Waals surface area contributed by atoms with E-state index < -0.39 is 0 Å². The molecular formula is C17H23N5O2S. The first-order chi connectivity index (χ1) is 12.2. The molecule has 3 heterocycles. The molecule has 0 saturated carbocycles. The highest BCUT2D eigenvalue weighted by atomic mass is 32.2. The fourth-order valence-corrected chi connectivity index (χ4v) is 3.55. The van der Waals surface area contributed by atoms with Gasteiger partial charge in [0.25, 0.3) is 5.91 Å². The van der Waals surface area contributed by atoms with Gasteiger partial charge in [-0.1, -0.05) is 6.92 Å². The van der Waals surface area contributed by atoms with Crippen molar-refractivity contribution in [2.75, 3.05) is 12.3 Å². The zero-order chi connectivity index (χ0) is 17.6. The topological polar surface area (TPSA) is 81.8 Å². The van der Waals surface area contributed by atoms with E-state index in [1.165, 1.54) is 4.68 Å². The number of rotatable bonds is 7. The predicted molar refractivity (Wildman–Crippen MR) is 97.0 cm³/mol. The molecule has 1 aliphatic heterocycles. The Bertz CT molecular complexity index is 799. The van der Waals surface area contributed by atoms with Crippen molar-refractivity contribution in [2.24, 2.45) is 0 Å². The average molecular weight is 361 g/mol. The van der Waals surface area contributed by atoms with Crippen molar-refractivity contribution in [3.05, 3.63) is 40.2 Å². The van der Waals surface area contributed by atoms with Crippen LogP contribution in [-0.2, 0) is 19.5 Å². The van der Waals surface area contributed by atoms with Crippen molar-refractivity contribution >= 4 is 17.7 Å². The maximum Gasteiger partial charge on any atom is 0.345 e. The number of nitrogens with zero attached hydrogens (tertiary/aromatic N) is 4. The van der Waals surface area contributed by atoms with Crippen LogP contribution in [0.25, 0.3) is 0 Å².